The maximum Gasteiger partial charge on any atom is 0.338 e. The summed E-state index contributed by atoms with van der Waals surface area (Å²) in [7, 11) is 0. The third-order valence-electron chi connectivity index (χ3n) is 2.76. The number of esters is 1. The zero-order valence-electron chi connectivity index (χ0n) is 10.7. The highest BCUT2D eigenvalue weighted by Gasteiger charge is 2.12. The van der Waals surface area contributed by atoms with E-state index in [1.807, 2.05) is 0 Å². The predicted octanol–water partition coefficient (Wildman–Crippen LogP) is 3.23. The fourth-order valence-corrected chi connectivity index (χ4v) is 1.77. The Morgan fingerprint density at radius 2 is 2.20 bits per heavy atom. The monoisotopic (exact) mass is 338 g/mol. The summed E-state index contributed by atoms with van der Waals surface area (Å²) in [6.45, 7) is 1.56. The number of carbonyl (C=O) groups excluding carboxylic acids is 1. The van der Waals surface area contributed by atoms with Crippen LogP contribution in [0, 0.1) is 12.7 Å². The summed E-state index contributed by atoms with van der Waals surface area (Å²) in [6, 6.07) is 6.03. The summed E-state index contributed by atoms with van der Waals surface area (Å²) in [4.78, 5) is 15.9. The van der Waals surface area contributed by atoms with Gasteiger partial charge in [-0.2, -0.15) is 0 Å². The quantitative estimate of drug-likeness (QED) is 0.689. The van der Waals surface area contributed by atoms with Crippen LogP contribution in [0.3, 0.4) is 0 Å². The summed E-state index contributed by atoms with van der Waals surface area (Å²) >= 11 is 3.26. The summed E-state index contributed by atoms with van der Waals surface area (Å²) in [6.07, 6.45) is 1.60. The smallest absolute Gasteiger partial charge is 0.338 e. The number of nitrogen functional groups attached to an aromatic ring is 1. The second-order valence-corrected chi connectivity index (χ2v) is 5.13. The lowest BCUT2D eigenvalue weighted by Crippen LogP contribution is -2.08. The highest BCUT2D eigenvalue weighted by atomic mass is 79.9. The predicted molar refractivity (Wildman–Crippen MR) is 76.6 cm³/mol. The number of nitrogens with zero attached hydrogens (tertiary/aromatic N) is 1. The molecule has 0 saturated heterocycles. The second-order valence-electron chi connectivity index (χ2n) is 4.22. The van der Waals surface area contributed by atoms with E-state index in [2.05, 4.69) is 20.9 Å². The van der Waals surface area contributed by atoms with Gasteiger partial charge < -0.3 is 10.5 Å². The molecule has 20 heavy (non-hydrogen) atoms. The van der Waals surface area contributed by atoms with E-state index in [4.69, 9.17) is 10.5 Å². The van der Waals surface area contributed by atoms with Gasteiger partial charge in [0.1, 0.15) is 12.4 Å². The Morgan fingerprint density at radius 3 is 2.80 bits per heavy atom. The standard InChI is InChI=1S/C14H12BrFN2O2/c1-8-12(16)4-9(5-13(8)17)14(19)20-7-11-3-2-10(15)6-18-11/h2-6H,7,17H2,1H3. The third kappa shape index (κ3) is 3.33. The summed E-state index contributed by atoms with van der Waals surface area (Å²) in [5.74, 6) is -1.17. The second kappa shape index (κ2) is 6.00. The molecule has 0 atom stereocenters. The van der Waals surface area contributed by atoms with E-state index < -0.39 is 11.8 Å². The Labute approximate surface area is 123 Å². The fraction of sp³-hybridized carbons (Fsp3) is 0.143. The van der Waals surface area contributed by atoms with Gasteiger partial charge in [-0.15, -0.1) is 0 Å². The highest BCUT2D eigenvalue weighted by molar-refractivity contribution is 9.10. The van der Waals surface area contributed by atoms with Crippen LogP contribution in [-0.4, -0.2) is 11.0 Å². The molecule has 6 heteroatoms. The molecule has 1 aromatic carbocycles. The van der Waals surface area contributed by atoms with E-state index in [-0.39, 0.29) is 17.9 Å². The van der Waals surface area contributed by atoms with E-state index in [0.29, 0.717) is 11.3 Å². The highest BCUT2D eigenvalue weighted by Crippen LogP contribution is 2.18. The summed E-state index contributed by atoms with van der Waals surface area (Å²) in [5.41, 5.74) is 6.84. The van der Waals surface area contributed by atoms with Crippen LogP contribution in [0.5, 0.6) is 0 Å². The first kappa shape index (κ1) is 14.5. The number of nitrogens with two attached hydrogens (primary N) is 1. The van der Waals surface area contributed by atoms with Gasteiger partial charge >= 0.3 is 5.97 Å². The van der Waals surface area contributed by atoms with Gasteiger partial charge in [-0.25, -0.2) is 9.18 Å². The Kier molecular flexibility index (Phi) is 4.34. The first-order valence-corrected chi connectivity index (χ1v) is 6.60. The van der Waals surface area contributed by atoms with Gasteiger partial charge in [0.05, 0.1) is 11.3 Å². The van der Waals surface area contributed by atoms with Crippen LogP contribution >= 0.6 is 15.9 Å². The lowest BCUT2D eigenvalue weighted by atomic mass is 10.1. The number of carbonyl (C=O) groups is 1. The first-order chi connectivity index (χ1) is 9.47. The van der Waals surface area contributed by atoms with Crippen molar-refractivity contribution in [1.29, 1.82) is 0 Å². The SMILES string of the molecule is Cc1c(N)cc(C(=O)OCc2ccc(Br)cn2)cc1F. The van der Waals surface area contributed by atoms with Crippen molar-refractivity contribution in [2.24, 2.45) is 0 Å². The van der Waals surface area contributed by atoms with Crippen LogP contribution in [0.1, 0.15) is 21.6 Å². The van der Waals surface area contributed by atoms with Crippen molar-refractivity contribution < 1.29 is 13.9 Å². The van der Waals surface area contributed by atoms with Gasteiger partial charge in [0.25, 0.3) is 0 Å². The third-order valence-corrected chi connectivity index (χ3v) is 3.23. The van der Waals surface area contributed by atoms with Crippen LogP contribution < -0.4 is 5.73 Å². The molecule has 1 aromatic heterocycles. The molecule has 0 amide bonds. The zero-order chi connectivity index (χ0) is 14.7. The lowest BCUT2D eigenvalue weighted by Gasteiger charge is -2.07. The van der Waals surface area contributed by atoms with Gasteiger partial charge in [-0.05, 0) is 47.1 Å². The number of ether oxygens (including phenoxy) is 1. The topological polar surface area (TPSA) is 65.2 Å². The molecule has 0 unspecified atom stereocenters. The molecule has 104 valence electrons. The molecule has 2 N–H and O–H groups in total. The molecule has 4 nitrogen and oxygen atoms in total. The maximum absolute atomic E-state index is 13.5. The molecular formula is C14H12BrFN2O2. The number of rotatable bonds is 3. The minimum atomic E-state index is -0.639. The van der Waals surface area contributed by atoms with Gasteiger partial charge in [0.15, 0.2) is 0 Å². The molecule has 0 radical (unpaired) electrons. The number of halogens is 2. The Hall–Kier alpha value is -1.95. The van der Waals surface area contributed by atoms with Crippen molar-refractivity contribution in [2.75, 3.05) is 5.73 Å². The molecule has 0 aliphatic heterocycles. The Balaban J connectivity index is 2.07. The number of anilines is 1. The van der Waals surface area contributed by atoms with Crippen LogP contribution in [0.2, 0.25) is 0 Å². The Morgan fingerprint density at radius 1 is 1.45 bits per heavy atom. The number of aromatic nitrogens is 1. The average Bonchev–Trinajstić information content (AvgIpc) is 2.43. The largest absolute Gasteiger partial charge is 0.456 e. The van der Waals surface area contributed by atoms with Crippen molar-refractivity contribution in [3.63, 3.8) is 0 Å². The van der Waals surface area contributed by atoms with Crippen molar-refractivity contribution in [3.8, 4) is 0 Å². The molecule has 0 saturated carbocycles. The van der Waals surface area contributed by atoms with Crippen molar-refractivity contribution >= 4 is 27.6 Å². The first-order valence-electron chi connectivity index (χ1n) is 5.80. The number of benzene rings is 1. The molecule has 0 fully saturated rings. The molecule has 0 aliphatic carbocycles. The zero-order valence-corrected chi connectivity index (χ0v) is 12.3. The van der Waals surface area contributed by atoms with Crippen LogP contribution in [0.15, 0.2) is 34.9 Å². The van der Waals surface area contributed by atoms with Crippen LogP contribution in [0.25, 0.3) is 0 Å². The van der Waals surface area contributed by atoms with Crippen molar-refractivity contribution in [2.45, 2.75) is 13.5 Å². The van der Waals surface area contributed by atoms with Crippen molar-refractivity contribution in [1.82, 2.24) is 4.98 Å². The number of pyridine rings is 1. The summed E-state index contributed by atoms with van der Waals surface area (Å²) in [5, 5.41) is 0. The molecular weight excluding hydrogens is 327 g/mol. The Bertz CT molecular complexity index is 621. The molecule has 1 heterocycles. The normalized spacial score (nSPS) is 10.3. The molecule has 0 bridgehead atoms. The number of hydrogen-bond acceptors (Lipinski definition) is 4. The van der Waals surface area contributed by atoms with Crippen molar-refractivity contribution in [3.05, 3.63) is 57.6 Å². The average molecular weight is 339 g/mol. The van der Waals surface area contributed by atoms with Gasteiger partial charge in [0.2, 0.25) is 0 Å². The minimum absolute atomic E-state index is 0.0154. The van der Waals surface area contributed by atoms with Gasteiger partial charge in [-0.3, -0.25) is 4.98 Å². The van der Waals surface area contributed by atoms with E-state index in [1.165, 1.54) is 6.07 Å². The minimum Gasteiger partial charge on any atom is -0.456 e. The summed E-state index contributed by atoms with van der Waals surface area (Å²) < 4.78 is 19.4. The van der Waals surface area contributed by atoms with E-state index in [0.717, 1.165) is 10.5 Å². The van der Waals surface area contributed by atoms with E-state index in [9.17, 15) is 9.18 Å². The lowest BCUT2D eigenvalue weighted by molar-refractivity contribution is 0.0467. The van der Waals surface area contributed by atoms with Crippen LogP contribution in [0.4, 0.5) is 10.1 Å². The molecule has 2 rings (SSSR count). The van der Waals surface area contributed by atoms with Gasteiger partial charge in [0, 0.05) is 21.9 Å². The van der Waals surface area contributed by atoms with E-state index >= 15 is 0 Å². The molecule has 2 aromatic rings. The van der Waals surface area contributed by atoms with Crippen LogP contribution in [-0.2, 0) is 11.3 Å². The maximum atomic E-state index is 13.5. The van der Waals surface area contributed by atoms with Gasteiger partial charge in [-0.1, -0.05) is 0 Å². The fourth-order valence-electron chi connectivity index (χ4n) is 1.53. The molecule has 0 spiro atoms. The molecule has 0 aliphatic rings. The van der Waals surface area contributed by atoms with E-state index in [1.54, 1.807) is 25.3 Å². The number of hydrogen-bond donors (Lipinski definition) is 1.